The van der Waals surface area contributed by atoms with Gasteiger partial charge in [0, 0.05) is 6.04 Å². The Morgan fingerprint density at radius 3 is 1.94 bits per heavy atom. The summed E-state index contributed by atoms with van der Waals surface area (Å²) in [5.74, 6) is 0. The Morgan fingerprint density at radius 2 is 1.35 bits per heavy atom. The topological polar surface area (TPSA) is 26.0 Å². The predicted octanol–water partition coefficient (Wildman–Crippen LogP) is 5.20. The van der Waals surface area contributed by atoms with Gasteiger partial charge in [0.05, 0.1) is 0 Å². The van der Waals surface area contributed by atoms with Crippen molar-refractivity contribution in [3.05, 3.63) is 12.2 Å². The number of unbranched alkanes of at least 4 members (excludes halogenated alkanes) is 8. The molecule has 0 heterocycles. The average Bonchev–Trinajstić information content (AvgIpc) is 2.30. The smallest absolute Gasteiger partial charge is 0.00104 e. The summed E-state index contributed by atoms with van der Waals surface area (Å²) in [6.07, 6.45) is 19.4. The van der Waals surface area contributed by atoms with E-state index in [9.17, 15) is 0 Å². The molecule has 0 saturated carbocycles. The van der Waals surface area contributed by atoms with E-state index in [1.807, 2.05) is 0 Å². The van der Waals surface area contributed by atoms with Crippen LogP contribution in [0.1, 0.15) is 84.5 Å². The van der Waals surface area contributed by atoms with Crippen LogP contribution in [-0.4, -0.2) is 6.04 Å². The molecule has 0 radical (unpaired) electrons. The summed E-state index contributed by atoms with van der Waals surface area (Å²) in [5, 5.41) is 0. The highest BCUT2D eigenvalue weighted by molar-refractivity contribution is 4.81. The lowest BCUT2D eigenvalue weighted by Gasteiger charge is -2.04. The Kier molecular flexibility index (Phi) is 13.5. The van der Waals surface area contributed by atoms with Crippen LogP contribution < -0.4 is 5.73 Å². The van der Waals surface area contributed by atoms with E-state index in [-0.39, 0.29) is 0 Å². The first-order chi connectivity index (χ1) is 8.27. The highest BCUT2D eigenvalue weighted by atomic mass is 14.6. The summed E-state index contributed by atoms with van der Waals surface area (Å²) in [6.45, 7) is 4.35. The molecule has 0 aromatic rings. The highest BCUT2D eigenvalue weighted by Crippen LogP contribution is 2.09. The van der Waals surface area contributed by atoms with Gasteiger partial charge in [-0.2, -0.15) is 0 Å². The van der Waals surface area contributed by atoms with E-state index in [2.05, 4.69) is 26.0 Å². The van der Waals surface area contributed by atoms with Crippen molar-refractivity contribution in [3.8, 4) is 0 Å². The van der Waals surface area contributed by atoms with Crippen molar-refractivity contribution in [1.29, 1.82) is 0 Å². The van der Waals surface area contributed by atoms with Gasteiger partial charge in [-0.05, 0) is 32.6 Å². The molecule has 0 rings (SSSR count). The standard InChI is InChI=1S/C16H33N/c1-3-4-5-6-7-8-9-10-11-12-13-14-15-16(2)17/h6-7,16H,3-5,8-15,17H2,1-2H3/b7-6+. The lowest BCUT2D eigenvalue weighted by molar-refractivity contribution is 0.550. The molecule has 0 bridgehead atoms. The lowest BCUT2D eigenvalue weighted by Crippen LogP contribution is -2.13. The van der Waals surface area contributed by atoms with Crippen LogP contribution >= 0.6 is 0 Å². The molecule has 0 fully saturated rings. The van der Waals surface area contributed by atoms with Crippen LogP contribution in [0.3, 0.4) is 0 Å². The number of hydrogen-bond acceptors (Lipinski definition) is 1. The summed E-state index contributed by atoms with van der Waals surface area (Å²) in [7, 11) is 0. The fourth-order valence-corrected chi connectivity index (χ4v) is 1.99. The van der Waals surface area contributed by atoms with Gasteiger partial charge in [-0.25, -0.2) is 0 Å². The highest BCUT2D eigenvalue weighted by Gasteiger charge is 1.94. The van der Waals surface area contributed by atoms with Gasteiger partial charge in [0.2, 0.25) is 0 Å². The molecule has 1 heteroatoms. The minimum Gasteiger partial charge on any atom is -0.328 e. The van der Waals surface area contributed by atoms with E-state index in [0.29, 0.717) is 6.04 Å². The predicted molar refractivity (Wildman–Crippen MR) is 79.3 cm³/mol. The first kappa shape index (κ1) is 16.7. The molecular weight excluding hydrogens is 206 g/mol. The SMILES string of the molecule is CCCC/C=C/CCCCCCCCC(C)N. The van der Waals surface area contributed by atoms with Crippen molar-refractivity contribution < 1.29 is 0 Å². The Labute approximate surface area is 109 Å². The second-order valence-corrected chi connectivity index (χ2v) is 5.29. The van der Waals surface area contributed by atoms with Crippen LogP contribution in [0.5, 0.6) is 0 Å². The van der Waals surface area contributed by atoms with Gasteiger partial charge in [-0.1, -0.05) is 64.0 Å². The van der Waals surface area contributed by atoms with Gasteiger partial charge in [-0.3, -0.25) is 0 Å². The maximum atomic E-state index is 5.72. The lowest BCUT2D eigenvalue weighted by atomic mass is 10.1. The molecule has 0 aromatic heterocycles. The maximum absolute atomic E-state index is 5.72. The third kappa shape index (κ3) is 15.7. The van der Waals surface area contributed by atoms with E-state index >= 15 is 0 Å². The van der Waals surface area contributed by atoms with E-state index in [4.69, 9.17) is 5.73 Å². The summed E-state index contributed by atoms with van der Waals surface area (Å²) >= 11 is 0. The van der Waals surface area contributed by atoms with Gasteiger partial charge in [0.25, 0.3) is 0 Å². The second-order valence-electron chi connectivity index (χ2n) is 5.29. The molecule has 0 spiro atoms. The van der Waals surface area contributed by atoms with E-state index in [1.54, 1.807) is 0 Å². The molecule has 102 valence electrons. The monoisotopic (exact) mass is 239 g/mol. The van der Waals surface area contributed by atoms with Crippen LogP contribution in [0.4, 0.5) is 0 Å². The van der Waals surface area contributed by atoms with Crippen molar-refractivity contribution in [1.82, 2.24) is 0 Å². The van der Waals surface area contributed by atoms with E-state index in [1.165, 1.54) is 70.6 Å². The summed E-state index contributed by atoms with van der Waals surface area (Å²) in [5.41, 5.74) is 5.72. The van der Waals surface area contributed by atoms with Crippen molar-refractivity contribution in [2.45, 2.75) is 90.5 Å². The first-order valence-corrected chi connectivity index (χ1v) is 7.68. The van der Waals surface area contributed by atoms with Gasteiger partial charge >= 0.3 is 0 Å². The van der Waals surface area contributed by atoms with Crippen LogP contribution in [0.25, 0.3) is 0 Å². The normalized spacial score (nSPS) is 13.4. The quantitative estimate of drug-likeness (QED) is 0.367. The third-order valence-electron chi connectivity index (χ3n) is 3.17. The molecule has 0 aromatic carbocycles. The fourth-order valence-electron chi connectivity index (χ4n) is 1.99. The van der Waals surface area contributed by atoms with Crippen molar-refractivity contribution in [3.63, 3.8) is 0 Å². The van der Waals surface area contributed by atoms with Gasteiger partial charge in [0.1, 0.15) is 0 Å². The zero-order chi connectivity index (χ0) is 12.8. The van der Waals surface area contributed by atoms with Crippen molar-refractivity contribution in [2.24, 2.45) is 5.73 Å². The van der Waals surface area contributed by atoms with E-state index < -0.39 is 0 Å². The minimum atomic E-state index is 0.392. The van der Waals surface area contributed by atoms with Gasteiger partial charge in [0.15, 0.2) is 0 Å². The van der Waals surface area contributed by atoms with Crippen LogP contribution in [0, 0.1) is 0 Å². The largest absolute Gasteiger partial charge is 0.328 e. The van der Waals surface area contributed by atoms with Gasteiger partial charge in [-0.15, -0.1) is 0 Å². The fraction of sp³-hybridized carbons (Fsp3) is 0.875. The molecule has 1 unspecified atom stereocenters. The number of allylic oxidation sites excluding steroid dienone is 2. The molecule has 17 heavy (non-hydrogen) atoms. The van der Waals surface area contributed by atoms with Crippen LogP contribution in [-0.2, 0) is 0 Å². The molecular formula is C16H33N. The number of nitrogens with two attached hydrogens (primary N) is 1. The number of rotatable bonds is 12. The molecule has 0 saturated heterocycles. The Balaban J connectivity index is 3.01. The molecule has 0 aliphatic rings. The summed E-state index contributed by atoms with van der Waals surface area (Å²) < 4.78 is 0. The Hall–Kier alpha value is -0.300. The molecule has 2 N–H and O–H groups in total. The van der Waals surface area contributed by atoms with Crippen LogP contribution in [0.15, 0.2) is 12.2 Å². The summed E-state index contributed by atoms with van der Waals surface area (Å²) in [4.78, 5) is 0. The van der Waals surface area contributed by atoms with Crippen molar-refractivity contribution >= 4 is 0 Å². The molecule has 0 aliphatic carbocycles. The number of hydrogen-bond donors (Lipinski definition) is 1. The average molecular weight is 239 g/mol. The van der Waals surface area contributed by atoms with E-state index in [0.717, 1.165) is 0 Å². The first-order valence-electron chi connectivity index (χ1n) is 7.68. The molecule has 0 aliphatic heterocycles. The molecule has 1 atom stereocenters. The Morgan fingerprint density at radius 1 is 0.824 bits per heavy atom. The molecule has 0 amide bonds. The van der Waals surface area contributed by atoms with Gasteiger partial charge < -0.3 is 5.73 Å². The Bertz CT molecular complexity index is 161. The zero-order valence-electron chi connectivity index (χ0n) is 12.1. The van der Waals surface area contributed by atoms with Crippen LogP contribution in [0.2, 0.25) is 0 Å². The summed E-state index contributed by atoms with van der Waals surface area (Å²) in [6, 6.07) is 0.392. The minimum absolute atomic E-state index is 0.392. The second kappa shape index (κ2) is 13.8. The molecule has 1 nitrogen and oxygen atoms in total. The van der Waals surface area contributed by atoms with Crippen molar-refractivity contribution in [2.75, 3.05) is 0 Å². The maximum Gasteiger partial charge on any atom is 0.00104 e. The third-order valence-corrected chi connectivity index (χ3v) is 3.17. The zero-order valence-corrected chi connectivity index (χ0v) is 12.1.